The molecule has 0 spiro atoms. The van der Waals surface area contributed by atoms with Crippen LogP contribution in [0.5, 0.6) is 0 Å². The summed E-state index contributed by atoms with van der Waals surface area (Å²) >= 11 is 0. The van der Waals surface area contributed by atoms with Crippen LogP contribution in [-0.2, 0) is 21.2 Å². The fourth-order valence-electron chi connectivity index (χ4n) is 3.05. The first-order valence-corrected chi connectivity index (χ1v) is 10.9. The number of hydrogen-bond donors (Lipinski definition) is 2. The number of benzene rings is 1. The lowest BCUT2D eigenvalue weighted by atomic mass is 10.2. The van der Waals surface area contributed by atoms with Crippen molar-refractivity contribution in [3.8, 4) is 0 Å². The van der Waals surface area contributed by atoms with Gasteiger partial charge in [-0.1, -0.05) is 19.1 Å². The second kappa shape index (κ2) is 10.4. The second-order valence-corrected chi connectivity index (χ2v) is 10.1. The number of halogens is 1. The number of anilines is 1. The smallest absolute Gasteiger partial charge is 0.224 e. The van der Waals surface area contributed by atoms with E-state index in [1.165, 1.54) is 0 Å². The largest absolute Gasteiger partial charge is 0.352 e. The molecule has 1 amide bonds. The number of hydrogen-bond acceptors (Lipinski definition) is 4. The van der Waals surface area contributed by atoms with Gasteiger partial charge in [-0.05, 0) is 38.0 Å². The molecule has 0 aromatic heterocycles. The maximum Gasteiger partial charge on any atom is 0.224 e. The van der Waals surface area contributed by atoms with E-state index < -0.39 is 14.6 Å². The van der Waals surface area contributed by atoms with Gasteiger partial charge in [0.1, 0.15) is 0 Å². The number of sulfone groups is 1. The molecule has 1 aliphatic heterocycles. The maximum atomic E-state index is 12.2. The van der Waals surface area contributed by atoms with E-state index in [4.69, 9.17) is 0 Å². The Hall–Kier alpha value is -1.36. The summed E-state index contributed by atoms with van der Waals surface area (Å²) < 4.78 is 23.6. The lowest BCUT2D eigenvalue weighted by Gasteiger charge is -2.39. The topological polar surface area (TPSA) is 90.9 Å². The third-order valence-electron chi connectivity index (χ3n) is 4.69. The van der Waals surface area contributed by atoms with Crippen molar-refractivity contribution in [1.82, 2.24) is 10.2 Å². The zero-order valence-corrected chi connectivity index (χ0v) is 20.1. The fourth-order valence-corrected chi connectivity index (χ4v) is 4.41. The van der Waals surface area contributed by atoms with Crippen molar-refractivity contribution < 1.29 is 13.2 Å². The molecule has 0 saturated carbocycles. The number of aliphatic imine (C=N–C) groups is 1. The molecular weight excluding hydrogens is 491 g/mol. The summed E-state index contributed by atoms with van der Waals surface area (Å²) in [6, 6.07) is 7.67. The molecule has 2 rings (SSSR count). The lowest BCUT2D eigenvalue weighted by molar-refractivity contribution is -0.116. The average molecular weight is 522 g/mol. The molecule has 9 heteroatoms. The van der Waals surface area contributed by atoms with Gasteiger partial charge in [0.2, 0.25) is 5.91 Å². The summed E-state index contributed by atoms with van der Waals surface area (Å²) in [6.07, 6.45) is 1.31. The Balaban J connectivity index is 0.00000392. The number of amides is 1. The van der Waals surface area contributed by atoms with E-state index in [-0.39, 0.29) is 35.6 Å². The first kappa shape index (κ1) is 24.7. The van der Waals surface area contributed by atoms with Gasteiger partial charge in [-0.2, -0.15) is 0 Å². The quantitative estimate of drug-likeness (QED) is 0.353. The molecule has 1 aromatic carbocycles. The van der Waals surface area contributed by atoms with Crippen LogP contribution in [0.25, 0.3) is 0 Å². The Kier molecular flexibility index (Phi) is 9.19. The van der Waals surface area contributed by atoms with Gasteiger partial charge < -0.3 is 15.5 Å². The number of carbonyl (C=O) groups excluding carboxylic acids is 1. The zero-order chi connectivity index (χ0) is 20.1. The summed E-state index contributed by atoms with van der Waals surface area (Å²) in [5, 5.41) is 6.19. The van der Waals surface area contributed by atoms with E-state index >= 15 is 0 Å². The third-order valence-corrected chi connectivity index (χ3v) is 7.23. The number of guanidine groups is 1. The van der Waals surface area contributed by atoms with Gasteiger partial charge >= 0.3 is 0 Å². The molecule has 1 fully saturated rings. The predicted molar refractivity (Wildman–Crippen MR) is 125 cm³/mol. The van der Waals surface area contributed by atoms with Gasteiger partial charge in [0.25, 0.3) is 0 Å². The fraction of sp³-hybridized carbons (Fsp3) is 0.579. The minimum atomic E-state index is -3.09. The minimum absolute atomic E-state index is 0. The van der Waals surface area contributed by atoms with Gasteiger partial charge in [-0.15, -0.1) is 24.0 Å². The molecule has 158 valence electrons. The number of nitrogens with one attached hydrogen (secondary N) is 2. The van der Waals surface area contributed by atoms with Crippen LogP contribution in [0.15, 0.2) is 29.3 Å². The summed E-state index contributed by atoms with van der Waals surface area (Å²) in [4.78, 5) is 18.0. The zero-order valence-electron chi connectivity index (χ0n) is 17.0. The van der Waals surface area contributed by atoms with Crippen molar-refractivity contribution in [1.29, 1.82) is 0 Å². The highest BCUT2D eigenvalue weighted by Crippen LogP contribution is 2.23. The molecule has 1 aromatic rings. The van der Waals surface area contributed by atoms with Gasteiger partial charge in [-0.3, -0.25) is 9.79 Å². The molecule has 0 radical (unpaired) electrons. The molecule has 0 bridgehead atoms. The molecular formula is C19H31IN4O3S. The minimum Gasteiger partial charge on any atom is -0.352 e. The van der Waals surface area contributed by atoms with Crippen molar-refractivity contribution in [2.75, 3.05) is 31.2 Å². The monoisotopic (exact) mass is 522 g/mol. The molecule has 0 atom stereocenters. The molecule has 1 heterocycles. The normalized spacial score (nSPS) is 18.1. The Morgan fingerprint density at radius 3 is 2.64 bits per heavy atom. The molecule has 28 heavy (non-hydrogen) atoms. The Morgan fingerprint density at radius 2 is 2.04 bits per heavy atom. The van der Waals surface area contributed by atoms with Crippen LogP contribution in [0.1, 0.15) is 39.2 Å². The number of nitrogens with zero attached hydrogens (tertiary/aromatic N) is 2. The van der Waals surface area contributed by atoms with Crippen LogP contribution in [-0.4, -0.2) is 55.8 Å². The molecule has 7 nitrogen and oxygen atoms in total. The molecule has 1 aliphatic rings. The maximum absolute atomic E-state index is 12.2. The van der Waals surface area contributed by atoms with Crippen LogP contribution in [0.3, 0.4) is 0 Å². The van der Waals surface area contributed by atoms with Crippen LogP contribution < -0.4 is 10.6 Å². The van der Waals surface area contributed by atoms with Crippen LogP contribution in [0.4, 0.5) is 5.69 Å². The highest BCUT2D eigenvalue weighted by molar-refractivity contribution is 14.0. The molecule has 0 unspecified atom stereocenters. The summed E-state index contributed by atoms with van der Waals surface area (Å²) in [6.45, 7) is 6.85. The highest BCUT2D eigenvalue weighted by atomic mass is 127. The highest BCUT2D eigenvalue weighted by Gasteiger charge is 2.40. The van der Waals surface area contributed by atoms with E-state index in [2.05, 4.69) is 15.6 Å². The van der Waals surface area contributed by atoms with Crippen molar-refractivity contribution in [2.24, 2.45) is 4.99 Å². The molecule has 1 saturated heterocycles. The predicted octanol–water partition coefficient (Wildman–Crippen LogP) is 2.63. The second-order valence-electron chi connectivity index (χ2n) is 7.40. The first-order chi connectivity index (χ1) is 12.7. The Bertz CT molecular complexity index is 809. The summed E-state index contributed by atoms with van der Waals surface area (Å²) in [7, 11) is -1.40. The van der Waals surface area contributed by atoms with Crippen molar-refractivity contribution in [2.45, 2.75) is 44.9 Å². The SMILES string of the molecule is CCCC(=O)Nc1cccc(CNC(=NC)N2CCS(=O)(=O)C(C)(C)C2)c1.I. The van der Waals surface area contributed by atoms with Crippen molar-refractivity contribution >= 4 is 51.4 Å². The van der Waals surface area contributed by atoms with Gasteiger partial charge in [0, 0.05) is 38.8 Å². The number of carbonyl (C=O) groups is 1. The van der Waals surface area contributed by atoms with Crippen LogP contribution >= 0.6 is 24.0 Å². The summed E-state index contributed by atoms with van der Waals surface area (Å²) in [5.41, 5.74) is 1.78. The van der Waals surface area contributed by atoms with Crippen molar-refractivity contribution in [3.05, 3.63) is 29.8 Å². The van der Waals surface area contributed by atoms with E-state index in [1.54, 1.807) is 20.9 Å². The van der Waals surface area contributed by atoms with E-state index in [1.807, 2.05) is 36.1 Å². The number of rotatable bonds is 5. The van der Waals surface area contributed by atoms with Crippen LogP contribution in [0, 0.1) is 0 Å². The lowest BCUT2D eigenvalue weighted by Crippen LogP contribution is -2.57. The Morgan fingerprint density at radius 1 is 1.32 bits per heavy atom. The first-order valence-electron chi connectivity index (χ1n) is 9.25. The molecule has 0 aliphatic carbocycles. The molecule has 2 N–H and O–H groups in total. The third kappa shape index (κ3) is 6.33. The van der Waals surface area contributed by atoms with E-state index in [0.29, 0.717) is 32.0 Å². The average Bonchev–Trinajstić information content (AvgIpc) is 2.59. The van der Waals surface area contributed by atoms with E-state index in [0.717, 1.165) is 17.7 Å². The Labute approximate surface area is 185 Å². The van der Waals surface area contributed by atoms with Gasteiger partial charge in [0.05, 0.1) is 10.5 Å². The van der Waals surface area contributed by atoms with Gasteiger partial charge in [0.15, 0.2) is 15.8 Å². The van der Waals surface area contributed by atoms with Crippen molar-refractivity contribution in [3.63, 3.8) is 0 Å². The standard InChI is InChI=1S/C19H30N4O3S.HI/c1-5-7-17(24)22-16-9-6-8-15(12-16)13-21-18(20-4)23-10-11-27(25,26)19(2,3)14-23;/h6,8-9,12H,5,7,10-11,13-14H2,1-4H3,(H,20,21)(H,22,24);1H. The summed E-state index contributed by atoms with van der Waals surface area (Å²) in [5.74, 6) is 0.813. The van der Waals surface area contributed by atoms with E-state index in [9.17, 15) is 13.2 Å². The van der Waals surface area contributed by atoms with Crippen LogP contribution in [0.2, 0.25) is 0 Å². The van der Waals surface area contributed by atoms with Gasteiger partial charge in [-0.25, -0.2) is 8.42 Å².